The average molecular weight is 403 g/mol. The standard InChI is InChI=1S/C21H17N5O2S/c1-12-18(19(27)25-20-22-15-5-3-4-6-16(15)23-20)29-21-24-17(11-26(12)21)13-7-9-14(28-2)10-8-13/h3-11H,1-2H3,(H2,22,23,25,27). The van der Waals surface area contributed by atoms with Crippen LogP contribution in [0.4, 0.5) is 5.95 Å². The summed E-state index contributed by atoms with van der Waals surface area (Å²) in [4.78, 5) is 26.4. The molecule has 0 saturated heterocycles. The van der Waals surface area contributed by atoms with Gasteiger partial charge in [0.1, 0.15) is 10.6 Å². The molecule has 0 bridgehead atoms. The molecule has 29 heavy (non-hydrogen) atoms. The quantitative estimate of drug-likeness (QED) is 0.462. The topological polar surface area (TPSA) is 84.3 Å². The van der Waals surface area contributed by atoms with Gasteiger partial charge < -0.3 is 9.72 Å². The number of H-pyrrole nitrogens is 1. The van der Waals surface area contributed by atoms with Crippen molar-refractivity contribution in [1.82, 2.24) is 19.4 Å². The van der Waals surface area contributed by atoms with Crippen LogP contribution in [0.2, 0.25) is 0 Å². The summed E-state index contributed by atoms with van der Waals surface area (Å²) in [5.41, 5.74) is 4.38. The lowest BCUT2D eigenvalue weighted by Gasteiger charge is -2.01. The molecule has 0 aliphatic heterocycles. The fourth-order valence-electron chi connectivity index (χ4n) is 3.24. The van der Waals surface area contributed by atoms with Crippen LogP contribution in [-0.2, 0) is 0 Å². The monoisotopic (exact) mass is 403 g/mol. The van der Waals surface area contributed by atoms with Gasteiger partial charge in [-0.25, -0.2) is 9.97 Å². The lowest BCUT2D eigenvalue weighted by Crippen LogP contribution is -2.12. The molecule has 0 atom stereocenters. The molecule has 0 aliphatic carbocycles. The van der Waals surface area contributed by atoms with Crippen LogP contribution >= 0.6 is 11.3 Å². The molecule has 0 saturated carbocycles. The molecule has 7 nitrogen and oxygen atoms in total. The number of anilines is 1. The van der Waals surface area contributed by atoms with Crippen LogP contribution in [0.5, 0.6) is 5.75 Å². The number of amides is 1. The predicted octanol–water partition coefficient (Wildman–Crippen LogP) is 4.51. The summed E-state index contributed by atoms with van der Waals surface area (Å²) in [6.45, 7) is 1.91. The number of para-hydroxylation sites is 2. The summed E-state index contributed by atoms with van der Waals surface area (Å²) in [5, 5.41) is 2.85. The Morgan fingerprint density at radius 1 is 1.14 bits per heavy atom. The van der Waals surface area contributed by atoms with Gasteiger partial charge in [-0.05, 0) is 43.3 Å². The molecule has 3 heterocycles. The molecule has 5 rings (SSSR count). The van der Waals surface area contributed by atoms with Crippen molar-refractivity contribution >= 4 is 39.2 Å². The summed E-state index contributed by atoms with van der Waals surface area (Å²) in [7, 11) is 1.64. The lowest BCUT2D eigenvalue weighted by molar-refractivity contribution is 0.102. The van der Waals surface area contributed by atoms with E-state index in [4.69, 9.17) is 4.74 Å². The zero-order valence-electron chi connectivity index (χ0n) is 15.8. The van der Waals surface area contributed by atoms with Gasteiger partial charge in [0.15, 0.2) is 4.96 Å². The second kappa shape index (κ2) is 6.75. The molecule has 2 aromatic carbocycles. The van der Waals surface area contributed by atoms with E-state index in [1.54, 1.807) is 7.11 Å². The van der Waals surface area contributed by atoms with Crippen LogP contribution in [0, 0.1) is 6.92 Å². The Labute approximate surface area is 170 Å². The van der Waals surface area contributed by atoms with E-state index in [1.807, 2.05) is 66.1 Å². The van der Waals surface area contributed by atoms with Crippen molar-refractivity contribution < 1.29 is 9.53 Å². The van der Waals surface area contributed by atoms with E-state index in [-0.39, 0.29) is 5.91 Å². The van der Waals surface area contributed by atoms with E-state index in [9.17, 15) is 4.79 Å². The van der Waals surface area contributed by atoms with Crippen molar-refractivity contribution in [3.8, 4) is 17.0 Å². The molecule has 0 aliphatic rings. The number of fused-ring (bicyclic) bond motifs is 2. The number of rotatable bonds is 4. The first-order chi connectivity index (χ1) is 14.1. The van der Waals surface area contributed by atoms with Gasteiger partial charge in [0.05, 0.1) is 23.8 Å². The first kappa shape index (κ1) is 17.4. The highest BCUT2D eigenvalue weighted by Crippen LogP contribution is 2.28. The number of thiazole rings is 1. The first-order valence-corrected chi connectivity index (χ1v) is 9.83. The van der Waals surface area contributed by atoms with Gasteiger partial charge in [0.25, 0.3) is 5.91 Å². The molecule has 0 fully saturated rings. The number of hydrogen-bond donors (Lipinski definition) is 2. The van der Waals surface area contributed by atoms with Gasteiger partial charge in [-0.3, -0.25) is 14.5 Å². The molecule has 1 amide bonds. The number of aryl methyl sites for hydroxylation is 1. The van der Waals surface area contributed by atoms with Gasteiger partial charge in [0.2, 0.25) is 5.95 Å². The van der Waals surface area contributed by atoms with Crippen LogP contribution in [0.3, 0.4) is 0 Å². The van der Waals surface area contributed by atoms with Crippen LogP contribution < -0.4 is 10.1 Å². The second-order valence-electron chi connectivity index (χ2n) is 6.58. The highest BCUT2D eigenvalue weighted by atomic mass is 32.1. The maximum Gasteiger partial charge on any atom is 0.269 e. The normalized spacial score (nSPS) is 11.2. The summed E-state index contributed by atoms with van der Waals surface area (Å²) in [5.74, 6) is 1.03. The molecular formula is C21H17N5O2S. The first-order valence-electron chi connectivity index (χ1n) is 9.01. The molecule has 8 heteroatoms. The minimum atomic E-state index is -0.206. The van der Waals surface area contributed by atoms with Crippen molar-refractivity contribution in [2.45, 2.75) is 6.92 Å². The van der Waals surface area contributed by atoms with Crippen molar-refractivity contribution in [2.24, 2.45) is 0 Å². The largest absolute Gasteiger partial charge is 0.497 e. The minimum absolute atomic E-state index is 0.206. The number of aromatic amines is 1. The molecule has 0 unspecified atom stereocenters. The Bertz CT molecular complexity index is 1310. The zero-order valence-corrected chi connectivity index (χ0v) is 16.6. The van der Waals surface area contributed by atoms with E-state index in [2.05, 4.69) is 20.3 Å². The fraction of sp³-hybridized carbons (Fsp3) is 0.0952. The van der Waals surface area contributed by atoms with E-state index < -0.39 is 0 Å². The maximum atomic E-state index is 12.8. The number of ether oxygens (including phenoxy) is 1. The molecule has 144 valence electrons. The Kier molecular flexibility index (Phi) is 4.06. The number of hydrogen-bond acceptors (Lipinski definition) is 5. The maximum absolute atomic E-state index is 12.8. The number of imidazole rings is 2. The third-order valence-corrected chi connectivity index (χ3v) is 5.93. The SMILES string of the molecule is COc1ccc(-c2cn3c(C)c(C(=O)Nc4nc5ccccc5[nH]4)sc3n2)cc1. The lowest BCUT2D eigenvalue weighted by atomic mass is 10.2. The Morgan fingerprint density at radius 3 is 2.66 bits per heavy atom. The van der Waals surface area contributed by atoms with Crippen molar-refractivity contribution in [3.63, 3.8) is 0 Å². The third-order valence-electron chi connectivity index (χ3n) is 4.77. The number of methoxy groups -OCH3 is 1. The van der Waals surface area contributed by atoms with Gasteiger partial charge in [-0.1, -0.05) is 23.5 Å². The Balaban J connectivity index is 1.43. The van der Waals surface area contributed by atoms with Crippen LogP contribution in [0.25, 0.3) is 27.3 Å². The molecule has 5 aromatic rings. The van der Waals surface area contributed by atoms with Crippen LogP contribution in [0.1, 0.15) is 15.4 Å². The van der Waals surface area contributed by atoms with Crippen molar-refractivity contribution in [2.75, 3.05) is 12.4 Å². The smallest absolute Gasteiger partial charge is 0.269 e. The molecule has 3 aromatic heterocycles. The molecule has 2 N–H and O–H groups in total. The van der Waals surface area contributed by atoms with Gasteiger partial charge in [-0.15, -0.1) is 0 Å². The van der Waals surface area contributed by atoms with Gasteiger partial charge in [0, 0.05) is 17.5 Å². The van der Waals surface area contributed by atoms with Crippen molar-refractivity contribution in [3.05, 3.63) is 65.3 Å². The van der Waals surface area contributed by atoms with E-state index in [0.29, 0.717) is 10.8 Å². The summed E-state index contributed by atoms with van der Waals surface area (Å²) in [6, 6.07) is 15.4. The third kappa shape index (κ3) is 3.03. The van der Waals surface area contributed by atoms with E-state index in [1.165, 1.54) is 11.3 Å². The number of nitrogens with one attached hydrogen (secondary N) is 2. The number of nitrogens with zero attached hydrogens (tertiary/aromatic N) is 3. The Hall–Kier alpha value is -3.65. The van der Waals surface area contributed by atoms with Crippen LogP contribution in [0.15, 0.2) is 54.7 Å². The highest BCUT2D eigenvalue weighted by molar-refractivity contribution is 7.19. The van der Waals surface area contributed by atoms with E-state index >= 15 is 0 Å². The van der Waals surface area contributed by atoms with Gasteiger partial charge in [-0.2, -0.15) is 0 Å². The number of benzene rings is 2. The molecular weight excluding hydrogens is 386 g/mol. The summed E-state index contributed by atoms with van der Waals surface area (Å²) >= 11 is 1.35. The second-order valence-corrected chi connectivity index (χ2v) is 7.56. The minimum Gasteiger partial charge on any atom is -0.497 e. The fourth-order valence-corrected chi connectivity index (χ4v) is 4.24. The highest BCUT2D eigenvalue weighted by Gasteiger charge is 2.19. The number of carbonyl (C=O) groups is 1. The molecule has 0 spiro atoms. The van der Waals surface area contributed by atoms with E-state index in [0.717, 1.165) is 38.7 Å². The van der Waals surface area contributed by atoms with Crippen LogP contribution in [-0.4, -0.2) is 32.4 Å². The Morgan fingerprint density at radius 2 is 1.93 bits per heavy atom. The number of carbonyl (C=O) groups excluding carboxylic acids is 1. The zero-order chi connectivity index (χ0) is 20.0. The molecule has 0 radical (unpaired) electrons. The van der Waals surface area contributed by atoms with Crippen molar-refractivity contribution in [1.29, 1.82) is 0 Å². The number of aromatic nitrogens is 4. The predicted molar refractivity (Wildman–Crippen MR) is 114 cm³/mol. The average Bonchev–Trinajstić information content (AvgIpc) is 3.41. The summed E-state index contributed by atoms with van der Waals surface area (Å²) in [6.07, 6.45) is 1.95. The van der Waals surface area contributed by atoms with Gasteiger partial charge >= 0.3 is 0 Å². The summed E-state index contributed by atoms with van der Waals surface area (Å²) < 4.78 is 7.14.